The van der Waals surface area contributed by atoms with E-state index in [0.717, 1.165) is 5.92 Å². The van der Waals surface area contributed by atoms with Crippen molar-refractivity contribution in [1.29, 1.82) is 0 Å². The van der Waals surface area contributed by atoms with Crippen molar-refractivity contribution in [2.45, 2.75) is 66.7 Å². The highest BCUT2D eigenvalue weighted by Crippen LogP contribution is 2.15. The molecular weight excluding hydrogens is 212 g/mol. The molecule has 0 aliphatic rings. The van der Waals surface area contributed by atoms with E-state index in [1.54, 1.807) is 0 Å². The lowest BCUT2D eigenvalue weighted by Crippen LogP contribution is -1.95. The Kier molecular flexibility index (Phi) is 9.71. The number of hydrogen-bond acceptors (Lipinski definition) is 1. The van der Waals surface area contributed by atoms with Gasteiger partial charge in [0.25, 0.3) is 0 Å². The van der Waals surface area contributed by atoms with Gasteiger partial charge >= 0.3 is 0 Å². The molecule has 0 aliphatic carbocycles. The van der Waals surface area contributed by atoms with E-state index in [1.807, 2.05) is 11.3 Å². The van der Waals surface area contributed by atoms with Gasteiger partial charge in [-0.1, -0.05) is 52.9 Å². The molecule has 0 amide bonds. The highest BCUT2D eigenvalue weighted by molar-refractivity contribution is 7.11. The molecule has 0 saturated heterocycles. The summed E-state index contributed by atoms with van der Waals surface area (Å²) >= 11 is 1.84. The van der Waals surface area contributed by atoms with Crippen molar-refractivity contribution >= 4 is 11.3 Å². The SMILES string of the molecule is CCCCC(CC)CC.Cc1ccc(C)s1. The van der Waals surface area contributed by atoms with Gasteiger partial charge in [0, 0.05) is 9.75 Å². The lowest BCUT2D eigenvalue weighted by atomic mass is 9.97. The summed E-state index contributed by atoms with van der Waals surface area (Å²) in [7, 11) is 0. The van der Waals surface area contributed by atoms with E-state index in [1.165, 1.54) is 41.9 Å². The van der Waals surface area contributed by atoms with Crippen LogP contribution in [0.15, 0.2) is 12.1 Å². The molecule has 1 aromatic heterocycles. The summed E-state index contributed by atoms with van der Waals surface area (Å²) < 4.78 is 0. The molecule has 1 aromatic rings. The highest BCUT2D eigenvalue weighted by atomic mass is 32.1. The van der Waals surface area contributed by atoms with Gasteiger partial charge in [0.1, 0.15) is 0 Å². The Balaban J connectivity index is 0.000000288. The molecule has 0 saturated carbocycles. The third-order valence-corrected chi connectivity index (χ3v) is 3.91. The van der Waals surface area contributed by atoms with Crippen molar-refractivity contribution < 1.29 is 0 Å². The molecule has 1 rings (SSSR count). The molecule has 16 heavy (non-hydrogen) atoms. The van der Waals surface area contributed by atoms with Crippen LogP contribution in [0.1, 0.15) is 62.6 Å². The Morgan fingerprint density at radius 1 is 1.00 bits per heavy atom. The molecule has 1 heterocycles. The lowest BCUT2D eigenvalue weighted by molar-refractivity contribution is 0.438. The third-order valence-electron chi connectivity index (χ3n) is 3.00. The van der Waals surface area contributed by atoms with Gasteiger partial charge in [0.05, 0.1) is 0 Å². The molecule has 0 unspecified atom stereocenters. The number of unbranched alkanes of at least 4 members (excludes halogenated alkanes) is 1. The van der Waals surface area contributed by atoms with E-state index in [4.69, 9.17) is 0 Å². The minimum absolute atomic E-state index is 1.00. The number of aryl methyl sites for hydroxylation is 2. The Morgan fingerprint density at radius 2 is 1.50 bits per heavy atom. The number of rotatable bonds is 5. The number of thiophene rings is 1. The van der Waals surface area contributed by atoms with Crippen LogP contribution in [-0.2, 0) is 0 Å². The zero-order chi connectivity index (χ0) is 12.4. The first-order valence-electron chi connectivity index (χ1n) is 6.66. The van der Waals surface area contributed by atoms with Gasteiger partial charge in [0.2, 0.25) is 0 Å². The van der Waals surface area contributed by atoms with E-state index < -0.39 is 0 Å². The predicted molar refractivity (Wildman–Crippen MR) is 77.4 cm³/mol. The average molecular weight is 240 g/mol. The summed E-state index contributed by atoms with van der Waals surface area (Å²) in [5, 5.41) is 0. The fraction of sp³-hybridized carbons (Fsp3) is 0.733. The van der Waals surface area contributed by atoms with Crippen LogP contribution >= 0.6 is 11.3 Å². The molecule has 0 radical (unpaired) electrons. The van der Waals surface area contributed by atoms with Crippen LogP contribution in [0.2, 0.25) is 0 Å². The molecule has 0 N–H and O–H groups in total. The second-order valence-corrected chi connectivity index (χ2v) is 5.97. The fourth-order valence-electron chi connectivity index (χ4n) is 1.75. The quantitative estimate of drug-likeness (QED) is 0.594. The first-order chi connectivity index (χ1) is 7.63. The van der Waals surface area contributed by atoms with Crippen LogP contribution in [0.25, 0.3) is 0 Å². The minimum Gasteiger partial charge on any atom is -0.146 e. The summed E-state index contributed by atoms with van der Waals surface area (Å²) in [4.78, 5) is 2.80. The topological polar surface area (TPSA) is 0 Å². The summed E-state index contributed by atoms with van der Waals surface area (Å²) in [5.74, 6) is 1.00. The minimum atomic E-state index is 1.00. The van der Waals surface area contributed by atoms with Crippen LogP contribution in [0, 0.1) is 19.8 Å². The maximum absolute atomic E-state index is 2.30. The van der Waals surface area contributed by atoms with Crippen molar-refractivity contribution in [2.24, 2.45) is 5.92 Å². The molecule has 0 bridgehead atoms. The maximum Gasteiger partial charge on any atom is 0.00170 e. The summed E-state index contributed by atoms with van der Waals surface area (Å²) in [6, 6.07) is 4.28. The molecule has 94 valence electrons. The van der Waals surface area contributed by atoms with Crippen LogP contribution in [0.4, 0.5) is 0 Å². The average Bonchev–Trinajstić information content (AvgIpc) is 2.65. The summed E-state index contributed by atoms with van der Waals surface area (Å²) in [5.41, 5.74) is 0. The fourth-order valence-corrected chi connectivity index (χ4v) is 2.53. The molecule has 0 nitrogen and oxygen atoms in total. The van der Waals surface area contributed by atoms with Gasteiger partial charge in [-0.25, -0.2) is 0 Å². The Morgan fingerprint density at radius 3 is 1.75 bits per heavy atom. The lowest BCUT2D eigenvalue weighted by Gasteiger charge is -2.09. The summed E-state index contributed by atoms with van der Waals surface area (Å²) in [6.45, 7) is 11.1. The van der Waals surface area contributed by atoms with Crippen molar-refractivity contribution in [3.05, 3.63) is 21.9 Å². The van der Waals surface area contributed by atoms with Crippen molar-refractivity contribution in [2.75, 3.05) is 0 Å². The van der Waals surface area contributed by atoms with Gasteiger partial charge in [-0.15, -0.1) is 11.3 Å². The molecule has 1 heteroatoms. The van der Waals surface area contributed by atoms with Crippen LogP contribution in [0.3, 0.4) is 0 Å². The van der Waals surface area contributed by atoms with Crippen molar-refractivity contribution in [3.8, 4) is 0 Å². The van der Waals surface area contributed by atoms with Gasteiger partial charge in [-0.05, 0) is 31.9 Å². The molecule has 0 fully saturated rings. The first kappa shape index (κ1) is 15.7. The van der Waals surface area contributed by atoms with Crippen LogP contribution < -0.4 is 0 Å². The van der Waals surface area contributed by atoms with Crippen LogP contribution in [0.5, 0.6) is 0 Å². The second-order valence-electron chi connectivity index (χ2n) is 4.48. The first-order valence-corrected chi connectivity index (χ1v) is 7.48. The number of hydrogen-bond donors (Lipinski definition) is 0. The largest absolute Gasteiger partial charge is 0.146 e. The van der Waals surface area contributed by atoms with Crippen LogP contribution in [-0.4, -0.2) is 0 Å². The van der Waals surface area contributed by atoms with Gasteiger partial charge in [-0.2, -0.15) is 0 Å². The molecule has 0 aliphatic heterocycles. The standard InChI is InChI=1S/C9H20.C6H8S/c1-4-7-8-9(5-2)6-3;1-5-3-4-6(2)7-5/h9H,4-8H2,1-3H3;3-4H,1-2H3. The third kappa shape index (κ3) is 7.92. The Bertz CT molecular complexity index is 229. The Labute approximate surface area is 106 Å². The molecule has 0 spiro atoms. The Hall–Kier alpha value is -0.300. The van der Waals surface area contributed by atoms with E-state index in [2.05, 4.69) is 46.8 Å². The van der Waals surface area contributed by atoms with E-state index >= 15 is 0 Å². The van der Waals surface area contributed by atoms with Crippen molar-refractivity contribution in [3.63, 3.8) is 0 Å². The van der Waals surface area contributed by atoms with E-state index in [-0.39, 0.29) is 0 Å². The van der Waals surface area contributed by atoms with E-state index in [9.17, 15) is 0 Å². The van der Waals surface area contributed by atoms with Crippen molar-refractivity contribution in [1.82, 2.24) is 0 Å². The highest BCUT2D eigenvalue weighted by Gasteiger charge is 2.00. The molecule has 0 aromatic carbocycles. The molecule has 0 atom stereocenters. The van der Waals surface area contributed by atoms with Gasteiger partial charge in [0.15, 0.2) is 0 Å². The predicted octanol–water partition coefficient (Wildman–Crippen LogP) is 5.98. The zero-order valence-electron chi connectivity index (χ0n) is 11.7. The normalized spacial score (nSPS) is 10.1. The monoisotopic (exact) mass is 240 g/mol. The smallest absolute Gasteiger partial charge is 0.00170 e. The zero-order valence-corrected chi connectivity index (χ0v) is 12.5. The summed E-state index contributed by atoms with van der Waals surface area (Å²) in [6.07, 6.45) is 6.97. The molecular formula is C15H28S. The van der Waals surface area contributed by atoms with E-state index in [0.29, 0.717) is 0 Å². The van der Waals surface area contributed by atoms with Gasteiger partial charge in [-0.3, -0.25) is 0 Å². The van der Waals surface area contributed by atoms with Gasteiger partial charge < -0.3 is 0 Å². The maximum atomic E-state index is 2.30. The second kappa shape index (κ2) is 9.89.